The first-order valence-corrected chi connectivity index (χ1v) is 8.61. The Kier molecular flexibility index (Phi) is 5.06. The largest absolute Gasteiger partial charge is 0.341 e. The van der Waals surface area contributed by atoms with Crippen molar-refractivity contribution in [1.82, 2.24) is 15.1 Å². The third kappa shape index (κ3) is 3.61. The van der Waals surface area contributed by atoms with Crippen LogP contribution in [0.5, 0.6) is 0 Å². The van der Waals surface area contributed by atoms with E-state index in [1.807, 2.05) is 29.2 Å². The van der Waals surface area contributed by atoms with Crippen LogP contribution in [0.25, 0.3) is 0 Å². The Bertz CT molecular complexity index is 587. The molecule has 0 spiro atoms. The van der Waals surface area contributed by atoms with Crippen molar-refractivity contribution < 1.29 is 9.59 Å². The fourth-order valence-corrected chi connectivity index (χ4v) is 3.67. The van der Waals surface area contributed by atoms with Crippen molar-refractivity contribution >= 4 is 23.5 Å². The third-order valence-corrected chi connectivity index (χ3v) is 4.97. The van der Waals surface area contributed by atoms with E-state index < -0.39 is 0 Å². The van der Waals surface area contributed by atoms with Crippen LogP contribution in [-0.4, -0.2) is 47.9 Å². The van der Waals surface area contributed by atoms with Gasteiger partial charge in [0.05, 0.1) is 12.6 Å². The van der Waals surface area contributed by atoms with Gasteiger partial charge in [-0.25, -0.2) is 4.79 Å². The molecular formula is C17H22ClN3O2. The minimum Gasteiger partial charge on any atom is -0.341 e. The maximum absolute atomic E-state index is 12.5. The van der Waals surface area contributed by atoms with E-state index in [1.165, 1.54) is 0 Å². The van der Waals surface area contributed by atoms with Gasteiger partial charge in [-0.15, -0.1) is 0 Å². The summed E-state index contributed by atoms with van der Waals surface area (Å²) >= 11 is 6.27. The number of hydrogen-bond donors (Lipinski definition) is 1. The topological polar surface area (TPSA) is 52.7 Å². The molecule has 2 heterocycles. The summed E-state index contributed by atoms with van der Waals surface area (Å²) in [5.41, 5.74) is 0.979. The molecule has 2 saturated heterocycles. The first kappa shape index (κ1) is 16.1. The lowest BCUT2D eigenvalue weighted by atomic mass is 10.0. The quantitative estimate of drug-likeness (QED) is 0.923. The molecule has 1 N–H and O–H groups in total. The third-order valence-electron chi connectivity index (χ3n) is 4.63. The van der Waals surface area contributed by atoms with Crippen LogP contribution in [0, 0.1) is 0 Å². The van der Waals surface area contributed by atoms with Crippen molar-refractivity contribution in [1.29, 1.82) is 0 Å². The zero-order valence-corrected chi connectivity index (χ0v) is 13.9. The molecule has 0 radical (unpaired) electrons. The smallest absolute Gasteiger partial charge is 0.318 e. The van der Waals surface area contributed by atoms with Gasteiger partial charge in [0.1, 0.15) is 0 Å². The first-order chi connectivity index (χ1) is 11.2. The molecule has 0 aliphatic carbocycles. The second-order valence-electron chi connectivity index (χ2n) is 6.12. The van der Waals surface area contributed by atoms with Gasteiger partial charge in [-0.05, 0) is 37.3 Å². The molecule has 23 heavy (non-hydrogen) atoms. The SMILES string of the molecule is O=C(CNC(=O)N1CCC[C@H]1c1ccccc1Cl)N1CCCC1. The van der Waals surface area contributed by atoms with Crippen LogP contribution in [0.1, 0.15) is 37.3 Å². The summed E-state index contributed by atoms with van der Waals surface area (Å²) in [6.45, 7) is 2.38. The number of hydrogen-bond acceptors (Lipinski definition) is 2. The molecule has 124 valence electrons. The molecule has 3 amide bonds. The summed E-state index contributed by atoms with van der Waals surface area (Å²) in [6, 6.07) is 7.45. The van der Waals surface area contributed by atoms with E-state index in [1.54, 1.807) is 4.90 Å². The zero-order chi connectivity index (χ0) is 16.2. The molecule has 5 nitrogen and oxygen atoms in total. The predicted molar refractivity (Wildman–Crippen MR) is 89.3 cm³/mol. The molecule has 0 saturated carbocycles. The second kappa shape index (κ2) is 7.21. The first-order valence-electron chi connectivity index (χ1n) is 8.23. The summed E-state index contributed by atoms with van der Waals surface area (Å²) in [4.78, 5) is 28.1. The lowest BCUT2D eigenvalue weighted by Gasteiger charge is -2.26. The van der Waals surface area contributed by atoms with Crippen molar-refractivity contribution in [3.8, 4) is 0 Å². The Labute approximate surface area is 141 Å². The van der Waals surface area contributed by atoms with E-state index in [0.717, 1.165) is 44.3 Å². The van der Waals surface area contributed by atoms with Gasteiger partial charge in [0.15, 0.2) is 0 Å². The number of benzene rings is 1. The summed E-state index contributed by atoms with van der Waals surface area (Å²) in [7, 11) is 0. The molecule has 0 aromatic heterocycles. The molecule has 1 aromatic rings. The highest BCUT2D eigenvalue weighted by Crippen LogP contribution is 2.35. The Morgan fingerprint density at radius 3 is 2.61 bits per heavy atom. The maximum atomic E-state index is 12.5. The number of rotatable bonds is 3. The van der Waals surface area contributed by atoms with Crippen molar-refractivity contribution in [2.75, 3.05) is 26.2 Å². The number of carbonyl (C=O) groups excluding carboxylic acids is 2. The highest BCUT2D eigenvalue weighted by molar-refractivity contribution is 6.31. The highest BCUT2D eigenvalue weighted by atomic mass is 35.5. The van der Waals surface area contributed by atoms with Gasteiger partial charge in [-0.1, -0.05) is 29.8 Å². The minimum atomic E-state index is -0.181. The second-order valence-corrected chi connectivity index (χ2v) is 6.53. The Morgan fingerprint density at radius 1 is 1.13 bits per heavy atom. The number of nitrogens with zero attached hydrogens (tertiary/aromatic N) is 2. The van der Waals surface area contributed by atoms with Gasteiger partial charge in [0.25, 0.3) is 0 Å². The fraction of sp³-hybridized carbons (Fsp3) is 0.529. The van der Waals surface area contributed by atoms with Crippen molar-refractivity contribution in [3.63, 3.8) is 0 Å². The van der Waals surface area contributed by atoms with Gasteiger partial charge in [-0.3, -0.25) is 4.79 Å². The van der Waals surface area contributed by atoms with Crippen molar-refractivity contribution in [3.05, 3.63) is 34.9 Å². The molecular weight excluding hydrogens is 314 g/mol. The van der Waals surface area contributed by atoms with Crippen LogP contribution in [0.2, 0.25) is 5.02 Å². The Hall–Kier alpha value is -1.75. The standard InChI is InChI=1S/C17H22ClN3O2/c18-14-7-2-1-6-13(14)15-8-5-11-21(15)17(23)19-12-16(22)20-9-3-4-10-20/h1-2,6-7,15H,3-5,8-12H2,(H,19,23)/t15-/m0/s1. The van der Waals surface area contributed by atoms with E-state index in [9.17, 15) is 9.59 Å². The van der Waals surface area contributed by atoms with Gasteiger partial charge in [0.2, 0.25) is 5.91 Å². The van der Waals surface area contributed by atoms with Crippen molar-refractivity contribution in [2.24, 2.45) is 0 Å². The molecule has 0 bridgehead atoms. The molecule has 1 atom stereocenters. The number of halogens is 1. The normalized spacial score (nSPS) is 20.8. The number of urea groups is 1. The van der Waals surface area contributed by atoms with E-state index in [-0.39, 0.29) is 24.5 Å². The molecule has 1 aromatic carbocycles. The summed E-state index contributed by atoms with van der Waals surface area (Å²) in [6.07, 6.45) is 3.96. The van der Waals surface area contributed by atoms with Crippen LogP contribution >= 0.6 is 11.6 Å². The van der Waals surface area contributed by atoms with Crippen LogP contribution < -0.4 is 5.32 Å². The minimum absolute atomic E-state index is 0.00402. The molecule has 6 heteroatoms. The van der Waals surface area contributed by atoms with E-state index >= 15 is 0 Å². The Balaban J connectivity index is 1.60. The highest BCUT2D eigenvalue weighted by Gasteiger charge is 2.31. The van der Waals surface area contributed by atoms with Crippen LogP contribution in [0.3, 0.4) is 0 Å². The number of likely N-dealkylation sites (tertiary alicyclic amines) is 2. The van der Waals surface area contributed by atoms with Crippen molar-refractivity contribution in [2.45, 2.75) is 31.7 Å². The average Bonchev–Trinajstić information content (AvgIpc) is 3.24. The summed E-state index contributed by atoms with van der Waals surface area (Å²) < 4.78 is 0. The lowest BCUT2D eigenvalue weighted by molar-refractivity contribution is -0.129. The van der Waals surface area contributed by atoms with Gasteiger partial charge < -0.3 is 15.1 Å². The van der Waals surface area contributed by atoms with Crippen LogP contribution in [-0.2, 0) is 4.79 Å². The summed E-state index contributed by atoms with van der Waals surface area (Å²) in [5.74, 6) is 0.00402. The molecule has 2 aliphatic heterocycles. The monoisotopic (exact) mass is 335 g/mol. The zero-order valence-electron chi connectivity index (χ0n) is 13.1. The molecule has 2 fully saturated rings. The van der Waals surface area contributed by atoms with Gasteiger partial charge in [-0.2, -0.15) is 0 Å². The van der Waals surface area contributed by atoms with Gasteiger partial charge in [0, 0.05) is 24.7 Å². The summed E-state index contributed by atoms with van der Waals surface area (Å²) in [5, 5.41) is 3.46. The van der Waals surface area contributed by atoms with Crippen LogP contribution in [0.15, 0.2) is 24.3 Å². The molecule has 2 aliphatic rings. The van der Waals surface area contributed by atoms with Gasteiger partial charge >= 0.3 is 6.03 Å². The van der Waals surface area contributed by atoms with E-state index in [4.69, 9.17) is 11.6 Å². The molecule has 0 unspecified atom stereocenters. The lowest BCUT2D eigenvalue weighted by Crippen LogP contribution is -2.44. The number of nitrogens with one attached hydrogen (secondary N) is 1. The average molecular weight is 336 g/mol. The van der Waals surface area contributed by atoms with Crippen LogP contribution in [0.4, 0.5) is 4.79 Å². The fourth-order valence-electron chi connectivity index (χ4n) is 3.41. The number of carbonyl (C=O) groups is 2. The predicted octanol–water partition coefficient (Wildman–Crippen LogP) is 2.81. The molecule has 3 rings (SSSR count). The Morgan fingerprint density at radius 2 is 1.87 bits per heavy atom. The number of amides is 3. The maximum Gasteiger partial charge on any atom is 0.318 e. The van der Waals surface area contributed by atoms with E-state index in [2.05, 4.69) is 5.32 Å². The van der Waals surface area contributed by atoms with E-state index in [0.29, 0.717) is 11.6 Å².